The number of nitrogens with two attached hydrogens (primary N) is 3. The molecule has 0 heterocycles. The van der Waals surface area contributed by atoms with Crippen LogP contribution in [-0.4, -0.2) is 71.2 Å². The van der Waals surface area contributed by atoms with Crippen LogP contribution >= 0.6 is 12.6 Å². The van der Waals surface area contributed by atoms with Crippen LogP contribution in [0, 0.1) is 11.8 Å². The van der Waals surface area contributed by atoms with E-state index in [9.17, 15) is 19.2 Å². The average molecular weight is 490 g/mol. The molecule has 0 radical (unpaired) electrons. The third-order valence-electron chi connectivity index (χ3n) is 4.68. The summed E-state index contributed by atoms with van der Waals surface area (Å²) in [5, 5.41) is 16.7. The van der Waals surface area contributed by atoms with E-state index in [4.69, 9.17) is 22.3 Å². The van der Waals surface area contributed by atoms with E-state index in [2.05, 4.69) is 33.6 Å². The number of rotatable bonds is 15. The lowest BCUT2D eigenvalue weighted by Gasteiger charge is -2.27. The highest BCUT2D eigenvalue weighted by Crippen LogP contribution is 2.08. The third kappa shape index (κ3) is 12.3. The summed E-state index contributed by atoms with van der Waals surface area (Å²) in [4.78, 5) is 53.2. The summed E-state index contributed by atoms with van der Waals surface area (Å²) >= 11 is 3.92. The first-order chi connectivity index (χ1) is 15.3. The SMILES string of the molecule is CC(C)CC(N)C(=O)NC(CCCN=C(N)N)C(=O)NC(C(=O)NC(CS)C(=O)O)C(C)C. The maximum absolute atomic E-state index is 13.0. The lowest BCUT2D eigenvalue weighted by molar-refractivity contribution is -0.142. The number of carbonyl (C=O) groups excluding carboxylic acids is 3. The minimum Gasteiger partial charge on any atom is -0.480 e. The molecule has 0 fully saturated rings. The molecule has 4 unspecified atom stereocenters. The Labute approximate surface area is 200 Å². The lowest BCUT2D eigenvalue weighted by atomic mass is 10.0. The number of nitrogens with zero attached hydrogens (tertiary/aromatic N) is 1. The van der Waals surface area contributed by atoms with Gasteiger partial charge in [0.2, 0.25) is 17.7 Å². The predicted molar refractivity (Wildman–Crippen MR) is 129 cm³/mol. The summed E-state index contributed by atoms with van der Waals surface area (Å²) in [5.41, 5.74) is 16.6. The van der Waals surface area contributed by atoms with E-state index in [1.165, 1.54) is 0 Å². The lowest BCUT2D eigenvalue weighted by Crippen LogP contribution is -2.58. The molecule has 0 rings (SSSR count). The van der Waals surface area contributed by atoms with Crippen LogP contribution in [0.5, 0.6) is 0 Å². The molecule has 3 amide bonds. The molecule has 13 heteroatoms. The summed E-state index contributed by atoms with van der Waals surface area (Å²) in [6.07, 6.45) is 1.02. The van der Waals surface area contributed by atoms with Gasteiger partial charge in [-0.1, -0.05) is 27.7 Å². The molecule has 0 saturated heterocycles. The van der Waals surface area contributed by atoms with Crippen LogP contribution in [0.1, 0.15) is 47.0 Å². The summed E-state index contributed by atoms with van der Waals surface area (Å²) in [6.45, 7) is 7.50. The second kappa shape index (κ2) is 15.3. The molecular formula is C20H39N7O5S. The van der Waals surface area contributed by atoms with Crippen molar-refractivity contribution < 1.29 is 24.3 Å². The Bertz CT molecular complexity index is 698. The number of carbonyl (C=O) groups is 4. The molecule has 10 N–H and O–H groups in total. The first-order valence-electron chi connectivity index (χ1n) is 10.9. The Morgan fingerprint density at radius 2 is 1.52 bits per heavy atom. The standard InChI is InChI=1S/C20H39N7O5S/c1-10(2)8-12(21)16(28)25-13(6-5-7-24-20(22)23)17(29)27-15(11(3)4)18(30)26-14(9-33)19(31)32/h10-15,33H,5-9,21H2,1-4H3,(H,25,28)(H,26,30)(H,27,29)(H,31,32)(H4,22,23,24). The van der Waals surface area contributed by atoms with Crippen LogP contribution in [0.15, 0.2) is 4.99 Å². The highest BCUT2D eigenvalue weighted by molar-refractivity contribution is 7.80. The number of aliphatic imine (C=N–C) groups is 1. The summed E-state index contributed by atoms with van der Waals surface area (Å²) in [5.74, 6) is -3.37. The van der Waals surface area contributed by atoms with Crippen LogP contribution in [0.2, 0.25) is 0 Å². The molecule has 0 aliphatic heterocycles. The maximum Gasteiger partial charge on any atom is 0.327 e. The molecule has 4 atom stereocenters. The zero-order valence-corrected chi connectivity index (χ0v) is 20.6. The van der Waals surface area contributed by atoms with E-state index in [1.54, 1.807) is 13.8 Å². The quantitative estimate of drug-likeness (QED) is 0.0587. The van der Waals surface area contributed by atoms with Gasteiger partial charge in [0.15, 0.2) is 5.96 Å². The molecular weight excluding hydrogens is 450 g/mol. The van der Waals surface area contributed by atoms with E-state index in [0.717, 1.165) is 0 Å². The Balaban J connectivity index is 5.44. The van der Waals surface area contributed by atoms with Gasteiger partial charge in [0.25, 0.3) is 0 Å². The van der Waals surface area contributed by atoms with Gasteiger partial charge in [-0.3, -0.25) is 19.4 Å². The number of thiol groups is 1. The zero-order valence-electron chi connectivity index (χ0n) is 19.7. The molecule has 0 aromatic carbocycles. The van der Waals surface area contributed by atoms with Gasteiger partial charge in [-0.25, -0.2) is 4.79 Å². The topological polar surface area (TPSA) is 215 Å². The van der Waals surface area contributed by atoms with Gasteiger partial charge in [-0.05, 0) is 31.1 Å². The second-order valence-corrected chi connectivity index (χ2v) is 8.92. The van der Waals surface area contributed by atoms with Crippen molar-refractivity contribution >= 4 is 42.3 Å². The molecule has 0 aliphatic rings. The minimum atomic E-state index is -1.24. The van der Waals surface area contributed by atoms with Crippen LogP contribution in [-0.2, 0) is 19.2 Å². The Kier molecular flexibility index (Phi) is 14.1. The van der Waals surface area contributed by atoms with Crippen molar-refractivity contribution in [3.8, 4) is 0 Å². The average Bonchev–Trinajstić information content (AvgIpc) is 2.70. The van der Waals surface area contributed by atoms with E-state index in [0.29, 0.717) is 12.8 Å². The Morgan fingerprint density at radius 1 is 0.939 bits per heavy atom. The number of nitrogens with one attached hydrogen (secondary N) is 3. The molecule has 0 aliphatic carbocycles. The fraction of sp³-hybridized carbons (Fsp3) is 0.750. The van der Waals surface area contributed by atoms with Gasteiger partial charge < -0.3 is 38.3 Å². The van der Waals surface area contributed by atoms with Gasteiger partial charge in [0.1, 0.15) is 18.1 Å². The van der Waals surface area contributed by atoms with Gasteiger partial charge in [0, 0.05) is 12.3 Å². The molecule has 0 saturated carbocycles. The van der Waals surface area contributed by atoms with Crippen LogP contribution in [0.3, 0.4) is 0 Å². The Hall–Kier alpha value is -2.54. The fourth-order valence-electron chi connectivity index (χ4n) is 2.90. The zero-order chi connectivity index (χ0) is 25.7. The van der Waals surface area contributed by atoms with E-state index in [1.807, 2.05) is 13.8 Å². The third-order valence-corrected chi connectivity index (χ3v) is 5.05. The monoisotopic (exact) mass is 489 g/mol. The summed E-state index contributed by atoms with van der Waals surface area (Å²) in [7, 11) is 0. The molecule has 33 heavy (non-hydrogen) atoms. The molecule has 0 aromatic rings. The largest absolute Gasteiger partial charge is 0.480 e. The molecule has 0 spiro atoms. The highest BCUT2D eigenvalue weighted by atomic mass is 32.1. The van der Waals surface area contributed by atoms with Crippen molar-refractivity contribution in [1.29, 1.82) is 0 Å². The van der Waals surface area contributed by atoms with Crippen molar-refractivity contribution in [2.45, 2.75) is 71.1 Å². The first kappa shape index (κ1) is 30.5. The van der Waals surface area contributed by atoms with Crippen molar-refractivity contribution in [2.75, 3.05) is 12.3 Å². The van der Waals surface area contributed by atoms with Crippen molar-refractivity contribution in [1.82, 2.24) is 16.0 Å². The molecule has 190 valence electrons. The van der Waals surface area contributed by atoms with E-state index in [-0.39, 0.29) is 36.5 Å². The number of guanidine groups is 1. The van der Waals surface area contributed by atoms with Gasteiger partial charge in [0.05, 0.1) is 6.04 Å². The van der Waals surface area contributed by atoms with Crippen molar-refractivity contribution in [3.63, 3.8) is 0 Å². The number of hydrogen-bond acceptors (Lipinski definition) is 7. The molecule has 12 nitrogen and oxygen atoms in total. The van der Waals surface area contributed by atoms with E-state index >= 15 is 0 Å². The normalized spacial score (nSPS) is 14.7. The fourth-order valence-corrected chi connectivity index (χ4v) is 3.15. The molecule has 0 aromatic heterocycles. The van der Waals surface area contributed by atoms with Crippen molar-refractivity contribution in [3.05, 3.63) is 0 Å². The van der Waals surface area contributed by atoms with Gasteiger partial charge in [-0.2, -0.15) is 12.6 Å². The highest BCUT2D eigenvalue weighted by Gasteiger charge is 2.31. The van der Waals surface area contributed by atoms with Gasteiger partial charge >= 0.3 is 5.97 Å². The van der Waals surface area contributed by atoms with Crippen molar-refractivity contribution in [2.24, 2.45) is 34.0 Å². The molecule has 0 bridgehead atoms. The number of carboxylic acid groups (broad SMARTS) is 1. The first-order valence-corrected chi connectivity index (χ1v) is 11.5. The number of amides is 3. The second-order valence-electron chi connectivity index (χ2n) is 8.56. The van der Waals surface area contributed by atoms with E-state index < -0.39 is 47.9 Å². The van der Waals surface area contributed by atoms with Crippen LogP contribution in [0.4, 0.5) is 0 Å². The number of aliphatic carboxylic acids is 1. The maximum atomic E-state index is 13.0. The number of hydrogen-bond donors (Lipinski definition) is 8. The van der Waals surface area contributed by atoms with Gasteiger partial charge in [-0.15, -0.1) is 0 Å². The number of carboxylic acids is 1. The summed E-state index contributed by atoms with van der Waals surface area (Å²) in [6, 6.07) is -4.02. The smallest absolute Gasteiger partial charge is 0.327 e. The van der Waals surface area contributed by atoms with Crippen LogP contribution in [0.25, 0.3) is 0 Å². The minimum absolute atomic E-state index is 0.0901. The summed E-state index contributed by atoms with van der Waals surface area (Å²) < 4.78 is 0. The predicted octanol–water partition coefficient (Wildman–Crippen LogP) is -1.46. The van der Waals surface area contributed by atoms with Crippen LogP contribution < -0.4 is 33.2 Å². The Morgan fingerprint density at radius 3 is 1.97 bits per heavy atom.